The fourth-order valence-electron chi connectivity index (χ4n) is 2.07. The van der Waals surface area contributed by atoms with E-state index in [4.69, 9.17) is 0 Å². The van der Waals surface area contributed by atoms with E-state index in [9.17, 15) is 0 Å². The topological polar surface area (TPSA) is 38.8 Å². The van der Waals surface area contributed by atoms with E-state index in [0.29, 0.717) is 5.92 Å². The summed E-state index contributed by atoms with van der Waals surface area (Å²) in [5.74, 6) is 0.321. The van der Waals surface area contributed by atoms with Crippen LogP contribution in [-0.4, -0.2) is 11.9 Å². The normalized spacial score (nSPS) is 22.1. The van der Waals surface area contributed by atoms with Crippen LogP contribution in [0, 0.1) is 0 Å². The first-order chi connectivity index (χ1) is 7.45. The number of nitrogens with zero attached hydrogens (tertiary/aromatic N) is 3. The van der Waals surface area contributed by atoms with Crippen LogP contribution in [-0.2, 0) is 0 Å². The number of benzene rings is 1. The van der Waals surface area contributed by atoms with Crippen LogP contribution < -0.4 is 5.53 Å². The molecule has 1 aliphatic carbocycles. The van der Waals surface area contributed by atoms with Gasteiger partial charge in [0.25, 0.3) is 0 Å². The van der Waals surface area contributed by atoms with E-state index in [1.807, 2.05) is 0 Å². The Hall–Kier alpha value is -1.90. The molecule has 1 heterocycles. The van der Waals surface area contributed by atoms with Crippen LogP contribution in [0.15, 0.2) is 40.5 Å². The Balaban J connectivity index is 2.06. The summed E-state index contributed by atoms with van der Waals surface area (Å²) in [5.41, 5.74) is 7.21. The number of fused-ring (bicyclic) bond motifs is 1. The molecule has 0 bridgehead atoms. The Morgan fingerprint density at radius 1 is 1.20 bits per heavy atom. The van der Waals surface area contributed by atoms with Crippen LogP contribution in [0.1, 0.15) is 23.5 Å². The fourth-order valence-corrected chi connectivity index (χ4v) is 2.07. The number of allylic oxidation sites excluding steroid dienone is 1. The molecule has 0 saturated heterocycles. The highest BCUT2D eigenvalue weighted by Crippen LogP contribution is 2.30. The molecule has 1 atom stereocenters. The summed E-state index contributed by atoms with van der Waals surface area (Å²) in [5, 5.41) is 7.83. The summed E-state index contributed by atoms with van der Waals surface area (Å²) in [6.45, 7) is 0. The molecule has 1 radical (unpaired) electrons. The molecule has 2 aliphatic rings. The van der Waals surface area contributed by atoms with E-state index in [2.05, 4.69) is 52.2 Å². The van der Waals surface area contributed by atoms with Crippen LogP contribution in [0.25, 0.3) is 6.08 Å². The number of hydrogen-bond donors (Lipinski definition) is 0. The van der Waals surface area contributed by atoms with E-state index in [1.54, 1.807) is 6.21 Å². The minimum atomic E-state index is 0.321. The molecule has 15 heavy (non-hydrogen) atoms. The molecular weight excluding hydrogens is 186 g/mol. The van der Waals surface area contributed by atoms with Gasteiger partial charge < -0.3 is 0 Å². The van der Waals surface area contributed by atoms with Gasteiger partial charge in [-0.25, -0.2) is 0 Å². The maximum Gasteiger partial charge on any atom is 0.0928 e. The quantitative estimate of drug-likeness (QED) is 0.660. The van der Waals surface area contributed by atoms with Crippen molar-refractivity contribution in [1.29, 1.82) is 0 Å². The Labute approximate surface area is 88.2 Å². The van der Waals surface area contributed by atoms with E-state index in [0.717, 1.165) is 12.1 Å². The predicted octanol–water partition coefficient (Wildman–Crippen LogP) is 2.15. The molecule has 3 heteroatoms. The Morgan fingerprint density at radius 3 is 3.00 bits per heavy atom. The second-order valence-corrected chi connectivity index (χ2v) is 3.68. The van der Waals surface area contributed by atoms with Crippen molar-refractivity contribution in [2.75, 3.05) is 0 Å². The first-order valence-corrected chi connectivity index (χ1v) is 5.01. The van der Waals surface area contributed by atoms with Crippen molar-refractivity contribution >= 4 is 18.0 Å². The summed E-state index contributed by atoms with van der Waals surface area (Å²) in [6.07, 6.45) is 7.08. The maximum atomic E-state index is 4.04. The zero-order valence-corrected chi connectivity index (χ0v) is 8.17. The molecule has 3 rings (SSSR count). The molecule has 0 spiro atoms. The van der Waals surface area contributed by atoms with Crippen molar-refractivity contribution in [1.82, 2.24) is 5.53 Å². The molecular formula is C12H10N3. The van der Waals surface area contributed by atoms with Crippen LogP contribution in [0.4, 0.5) is 0 Å². The lowest BCUT2D eigenvalue weighted by atomic mass is 9.84. The zero-order valence-electron chi connectivity index (χ0n) is 8.17. The Morgan fingerprint density at radius 2 is 2.13 bits per heavy atom. The van der Waals surface area contributed by atoms with Crippen molar-refractivity contribution in [3.63, 3.8) is 0 Å². The average molecular weight is 196 g/mol. The first-order valence-electron chi connectivity index (χ1n) is 5.01. The van der Waals surface area contributed by atoms with Crippen molar-refractivity contribution < 1.29 is 0 Å². The second kappa shape index (κ2) is 3.35. The smallest absolute Gasteiger partial charge is 0.0928 e. The summed E-state index contributed by atoms with van der Waals surface area (Å²) in [4.78, 5) is 0. The molecule has 1 unspecified atom stereocenters. The Kier molecular flexibility index (Phi) is 1.88. The van der Waals surface area contributed by atoms with Crippen molar-refractivity contribution in [2.24, 2.45) is 10.2 Å². The summed E-state index contributed by atoms with van der Waals surface area (Å²) in [7, 11) is 0. The molecule has 0 amide bonds. The first kappa shape index (κ1) is 8.41. The van der Waals surface area contributed by atoms with Gasteiger partial charge in [0.05, 0.1) is 11.9 Å². The van der Waals surface area contributed by atoms with Gasteiger partial charge in [0.2, 0.25) is 0 Å². The van der Waals surface area contributed by atoms with Gasteiger partial charge in [-0.05, 0) is 23.1 Å². The van der Waals surface area contributed by atoms with Crippen LogP contribution in [0.2, 0.25) is 0 Å². The van der Waals surface area contributed by atoms with E-state index in [-0.39, 0.29) is 0 Å². The third-order valence-electron chi connectivity index (χ3n) is 2.80. The van der Waals surface area contributed by atoms with Crippen LogP contribution in [0.5, 0.6) is 0 Å². The molecule has 0 N–H and O–H groups in total. The molecule has 1 aliphatic heterocycles. The van der Waals surface area contributed by atoms with E-state index in [1.165, 1.54) is 11.1 Å². The highest BCUT2D eigenvalue weighted by atomic mass is 15.5. The van der Waals surface area contributed by atoms with Gasteiger partial charge in [0, 0.05) is 5.92 Å². The summed E-state index contributed by atoms with van der Waals surface area (Å²) >= 11 is 0. The van der Waals surface area contributed by atoms with Gasteiger partial charge in [0.1, 0.15) is 0 Å². The molecule has 1 aromatic rings. The van der Waals surface area contributed by atoms with Gasteiger partial charge in [-0.15, -0.1) is 10.2 Å². The van der Waals surface area contributed by atoms with Gasteiger partial charge in [-0.1, -0.05) is 36.4 Å². The molecule has 0 aromatic heterocycles. The van der Waals surface area contributed by atoms with Gasteiger partial charge in [-0.2, -0.15) is 0 Å². The molecule has 0 fully saturated rings. The van der Waals surface area contributed by atoms with Gasteiger partial charge >= 0.3 is 0 Å². The van der Waals surface area contributed by atoms with Gasteiger partial charge in [0.15, 0.2) is 0 Å². The SMILES string of the molecule is C1=Cc2ccccc2C(C2=N[N]N=C2)C1. The Bertz CT molecular complexity index is 472. The number of hydrogen-bond acceptors (Lipinski definition) is 2. The highest BCUT2D eigenvalue weighted by molar-refractivity contribution is 6.34. The maximum absolute atomic E-state index is 4.04. The van der Waals surface area contributed by atoms with Crippen molar-refractivity contribution in [3.05, 3.63) is 41.5 Å². The van der Waals surface area contributed by atoms with Crippen molar-refractivity contribution in [3.8, 4) is 0 Å². The zero-order chi connectivity index (χ0) is 10.1. The van der Waals surface area contributed by atoms with Crippen LogP contribution in [0.3, 0.4) is 0 Å². The second-order valence-electron chi connectivity index (χ2n) is 3.68. The highest BCUT2D eigenvalue weighted by Gasteiger charge is 2.22. The predicted molar refractivity (Wildman–Crippen MR) is 60.9 cm³/mol. The number of rotatable bonds is 1. The minimum absolute atomic E-state index is 0.321. The summed E-state index contributed by atoms with van der Waals surface area (Å²) < 4.78 is 0. The monoisotopic (exact) mass is 196 g/mol. The largest absolute Gasteiger partial charge is 0.137 e. The van der Waals surface area contributed by atoms with Gasteiger partial charge in [-0.3, -0.25) is 0 Å². The standard InChI is InChI=1S/C12H10N3/c1-2-6-10-9(4-1)5-3-7-11(10)12-8-13-15-14-12/h1-6,8,11H,7H2. The summed E-state index contributed by atoms with van der Waals surface area (Å²) in [6, 6.07) is 8.40. The molecule has 0 saturated carbocycles. The fraction of sp³-hybridized carbons (Fsp3) is 0.167. The van der Waals surface area contributed by atoms with E-state index >= 15 is 0 Å². The third kappa shape index (κ3) is 1.36. The van der Waals surface area contributed by atoms with E-state index < -0.39 is 0 Å². The molecule has 1 aromatic carbocycles. The van der Waals surface area contributed by atoms with Crippen molar-refractivity contribution in [2.45, 2.75) is 12.3 Å². The molecule has 3 nitrogen and oxygen atoms in total. The average Bonchev–Trinajstić information content (AvgIpc) is 2.82. The lowest BCUT2D eigenvalue weighted by Gasteiger charge is -2.19. The lowest BCUT2D eigenvalue weighted by molar-refractivity contribution is 0.799. The lowest BCUT2D eigenvalue weighted by Crippen LogP contribution is -2.15. The third-order valence-corrected chi connectivity index (χ3v) is 2.80. The molecule has 73 valence electrons. The minimum Gasteiger partial charge on any atom is -0.137 e. The van der Waals surface area contributed by atoms with Crippen LogP contribution >= 0.6 is 0 Å².